The van der Waals surface area contributed by atoms with Crippen LogP contribution in [0.25, 0.3) is 10.2 Å². The maximum atomic E-state index is 13.0. The standard InChI is InChI=1S/C24H25N3O3S2/c1-15-13-20(16(2)27(15)11-9-17-5-7-18(30-4)8-6-17)21(28)14-32-24-25-22-19(10-12-31-22)23(29)26(24)3/h5-8,10,12-13H,9,11,14H2,1-4H3. The van der Waals surface area contributed by atoms with Gasteiger partial charge >= 0.3 is 0 Å². The minimum atomic E-state index is -0.0806. The predicted molar refractivity (Wildman–Crippen MR) is 131 cm³/mol. The molecule has 1 aromatic carbocycles. The molecule has 0 atom stereocenters. The highest BCUT2D eigenvalue weighted by Gasteiger charge is 2.18. The molecule has 0 amide bonds. The van der Waals surface area contributed by atoms with E-state index in [0.29, 0.717) is 15.4 Å². The number of rotatable bonds is 8. The zero-order valence-electron chi connectivity index (χ0n) is 18.5. The molecule has 3 heterocycles. The molecule has 0 unspecified atom stereocenters. The first-order chi connectivity index (χ1) is 15.4. The van der Waals surface area contributed by atoms with Crippen LogP contribution in [0.2, 0.25) is 0 Å². The van der Waals surface area contributed by atoms with Crippen molar-refractivity contribution in [2.24, 2.45) is 7.05 Å². The number of thiophene rings is 1. The Labute approximate surface area is 194 Å². The average Bonchev–Trinajstić information content (AvgIpc) is 3.38. The minimum absolute atomic E-state index is 0.0410. The number of hydrogen-bond donors (Lipinski definition) is 0. The summed E-state index contributed by atoms with van der Waals surface area (Å²) in [6, 6.07) is 11.8. The SMILES string of the molecule is COc1ccc(CCn2c(C)cc(C(=O)CSc3nc4sccc4c(=O)n3C)c2C)cc1. The molecular weight excluding hydrogens is 442 g/mol. The second-order valence-electron chi connectivity index (χ2n) is 7.64. The molecule has 0 bridgehead atoms. The van der Waals surface area contributed by atoms with Gasteiger partial charge in [0.2, 0.25) is 0 Å². The zero-order valence-corrected chi connectivity index (χ0v) is 20.2. The molecule has 0 aliphatic carbocycles. The monoisotopic (exact) mass is 467 g/mol. The largest absolute Gasteiger partial charge is 0.497 e. The number of ether oxygens (including phenoxy) is 1. The molecule has 0 N–H and O–H groups in total. The Kier molecular flexibility index (Phi) is 6.53. The number of nitrogens with zero attached hydrogens (tertiary/aromatic N) is 3. The highest BCUT2D eigenvalue weighted by Crippen LogP contribution is 2.23. The minimum Gasteiger partial charge on any atom is -0.497 e. The number of fused-ring (bicyclic) bond motifs is 1. The molecule has 32 heavy (non-hydrogen) atoms. The highest BCUT2D eigenvalue weighted by atomic mass is 32.2. The van der Waals surface area contributed by atoms with Gasteiger partial charge in [-0.05, 0) is 55.5 Å². The van der Waals surface area contributed by atoms with E-state index in [1.54, 1.807) is 20.2 Å². The average molecular weight is 468 g/mol. The van der Waals surface area contributed by atoms with Crippen LogP contribution in [-0.4, -0.2) is 32.8 Å². The van der Waals surface area contributed by atoms with Crippen molar-refractivity contribution < 1.29 is 9.53 Å². The molecule has 0 saturated carbocycles. The van der Waals surface area contributed by atoms with Crippen molar-refractivity contribution in [1.29, 1.82) is 0 Å². The maximum Gasteiger partial charge on any atom is 0.262 e. The predicted octanol–water partition coefficient (Wildman–Crippen LogP) is 4.64. The van der Waals surface area contributed by atoms with Crippen molar-refractivity contribution >= 4 is 39.1 Å². The lowest BCUT2D eigenvalue weighted by Crippen LogP contribution is -2.19. The summed E-state index contributed by atoms with van der Waals surface area (Å²) in [4.78, 5) is 30.7. The van der Waals surface area contributed by atoms with Crippen LogP contribution < -0.4 is 10.3 Å². The molecular formula is C24H25N3O3S2. The van der Waals surface area contributed by atoms with Crippen LogP contribution in [0.1, 0.15) is 27.3 Å². The van der Waals surface area contributed by atoms with Gasteiger partial charge in [0.15, 0.2) is 10.9 Å². The summed E-state index contributed by atoms with van der Waals surface area (Å²) >= 11 is 2.74. The van der Waals surface area contributed by atoms with Gasteiger partial charge in [-0.15, -0.1) is 11.3 Å². The number of benzene rings is 1. The van der Waals surface area contributed by atoms with Crippen LogP contribution in [0, 0.1) is 13.8 Å². The number of thioether (sulfide) groups is 1. The fraction of sp³-hybridized carbons (Fsp3) is 0.292. The van der Waals surface area contributed by atoms with Crippen LogP contribution in [0.4, 0.5) is 0 Å². The van der Waals surface area contributed by atoms with E-state index in [9.17, 15) is 9.59 Å². The summed E-state index contributed by atoms with van der Waals surface area (Å²) in [7, 11) is 3.36. The van der Waals surface area contributed by atoms with E-state index in [2.05, 4.69) is 21.7 Å². The third-order valence-electron chi connectivity index (χ3n) is 5.65. The lowest BCUT2D eigenvalue weighted by atomic mass is 10.1. The van der Waals surface area contributed by atoms with Gasteiger partial charge in [-0.25, -0.2) is 4.98 Å². The van der Waals surface area contributed by atoms with Gasteiger partial charge in [0.05, 0.1) is 18.2 Å². The number of methoxy groups -OCH3 is 1. The van der Waals surface area contributed by atoms with E-state index in [1.165, 1.54) is 33.2 Å². The molecule has 0 spiro atoms. The number of aryl methyl sites for hydroxylation is 2. The third kappa shape index (κ3) is 4.38. The lowest BCUT2D eigenvalue weighted by molar-refractivity contribution is 0.102. The van der Waals surface area contributed by atoms with Crippen LogP contribution in [0.5, 0.6) is 5.75 Å². The van der Waals surface area contributed by atoms with E-state index in [0.717, 1.165) is 35.7 Å². The fourth-order valence-corrected chi connectivity index (χ4v) is 5.44. The topological polar surface area (TPSA) is 66.1 Å². The third-order valence-corrected chi connectivity index (χ3v) is 7.49. The van der Waals surface area contributed by atoms with Gasteiger partial charge in [-0.1, -0.05) is 23.9 Å². The molecule has 0 fully saturated rings. The Hall–Kier alpha value is -2.84. The molecule has 4 aromatic rings. The van der Waals surface area contributed by atoms with Gasteiger partial charge in [-0.3, -0.25) is 14.2 Å². The first kappa shape index (κ1) is 22.4. The van der Waals surface area contributed by atoms with Gasteiger partial charge in [0.25, 0.3) is 5.56 Å². The smallest absolute Gasteiger partial charge is 0.262 e. The highest BCUT2D eigenvalue weighted by molar-refractivity contribution is 7.99. The van der Waals surface area contributed by atoms with Crippen molar-refractivity contribution in [3.05, 3.63) is 74.6 Å². The number of ketones is 1. The van der Waals surface area contributed by atoms with Crippen molar-refractivity contribution in [3.8, 4) is 5.75 Å². The molecule has 0 aliphatic rings. The molecule has 0 radical (unpaired) electrons. The van der Waals surface area contributed by atoms with E-state index < -0.39 is 0 Å². The summed E-state index contributed by atoms with van der Waals surface area (Å²) in [6.45, 7) is 4.82. The fourth-order valence-electron chi connectivity index (χ4n) is 3.78. The maximum absolute atomic E-state index is 13.0. The van der Waals surface area contributed by atoms with Gasteiger partial charge < -0.3 is 9.30 Å². The molecule has 3 aromatic heterocycles. The van der Waals surface area contributed by atoms with Gasteiger partial charge in [-0.2, -0.15) is 0 Å². The van der Waals surface area contributed by atoms with Crippen molar-refractivity contribution in [1.82, 2.24) is 14.1 Å². The van der Waals surface area contributed by atoms with Crippen LogP contribution in [0.15, 0.2) is 51.7 Å². The quantitative estimate of drug-likeness (QED) is 0.215. The summed E-state index contributed by atoms with van der Waals surface area (Å²) in [5.41, 5.74) is 3.90. The van der Waals surface area contributed by atoms with Crippen molar-refractivity contribution in [2.45, 2.75) is 32.0 Å². The number of carbonyl (C=O) groups excluding carboxylic acids is 1. The van der Waals surface area contributed by atoms with Crippen LogP contribution in [0.3, 0.4) is 0 Å². The Morgan fingerprint density at radius 3 is 2.66 bits per heavy atom. The summed E-state index contributed by atoms with van der Waals surface area (Å²) in [5, 5.41) is 3.04. The molecule has 166 valence electrons. The van der Waals surface area contributed by atoms with Gasteiger partial charge in [0.1, 0.15) is 10.6 Å². The van der Waals surface area contributed by atoms with Gasteiger partial charge in [0, 0.05) is 30.5 Å². The number of Topliss-reactive ketones (excluding diaryl/α,β-unsaturated/α-hetero) is 1. The number of aromatic nitrogens is 3. The normalized spacial score (nSPS) is 11.2. The second kappa shape index (κ2) is 9.34. The van der Waals surface area contributed by atoms with Crippen LogP contribution in [-0.2, 0) is 20.0 Å². The zero-order chi connectivity index (χ0) is 22.8. The number of carbonyl (C=O) groups is 1. The number of hydrogen-bond acceptors (Lipinski definition) is 6. The Bertz CT molecular complexity index is 1330. The first-order valence-corrected chi connectivity index (χ1v) is 12.2. The summed E-state index contributed by atoms with van der Waals surface area (Å²) in [6.07, 6.45) is 0.871. The summed E-state index contributed by atoms with van der Waals surface area (Å²) in [5.74, 6) is 1.12. The van der Waals surface area contributed by atoms with E-state index >= 15 is 0 Å². The Balaban J connectivity index is 1.46. The molecule has 8 heteroatoms. The Morgan fingerprint density at radius 1 is 1.19 bits per heavy atom. The molecule has 0 aliphatic heterocycles. The van der Waals surface area contributed by atoms with E-state index in [4.69, 9.17) is 4.74 Å². The Morgan fingerprint density at radius 2 is 1.94 bits per heavy atom. The molecule has 4 rings (SSSR count). The lowest BCUT2D eigenvalue weighted by Gasteiger charge is -2.10. The second-order valence-corrected chi connectivity index (χ2v) is 9.48. The van der Waals surface area contributed by atoms with Crippen molar-refractivity contribution in [2.75, 3.05) is 12.9 Å². The van der Waals surface area contributed by atoms with Crippen LogP contribution >= 0.6 is 23.1 Å². The molecule has 0 saturated heterocycles. The van der Waals surface area contributed by atoms with E-state index in [-0.39, 0.29) is 17.1 Å². The molecule has 6 nitrogen and oxygen atoms in total. The first-order valence-electron chi connectivity index (χ1n) is 10.3. The van der Waals surface area contributed by atoms with E-state index in [1.807, 2.05) is 37.4 Å². The summed E-state index contributed by atoms with van der Waals surface area (Å²) < 4.78 is 8.93. The van der Waals surface area contributed by atoms with Crippen molar-refractivity contribution in [3.63, 3.8) is 0 Å².